The van der Waals surface area contributed by atoms with E-state index in [-0.39, 0.29) is 18.3 Å². The van der Waals surface area contributed by atoms with Crippen molar-refractivity contribution in [2.45, 2.75) is 25.8 Å². The van der Waals surface area contributed by atoms with E-state index in [4.69, 9.17) is 10.5 Å². The number of halogens is 3. The van der Waals surface area contributed by atoms with Crippen molar-refractivity contribution < 1.29 is 27.8 Å². The van der Waals surface area contributed by atoms with Crippen LogP contribution in [0.1, 0.15) is 25.0 Å². The maximum Gasteiger partial charge on any atom is 0.573 e. The topological polar surface area (TPSA) is 89.1 Å². The molecule has 1 atom stereocenters. The van der Waals surface area contributed by atoms with Crippen molar-refractivity contribution >= 4 is 5.96 Å². The average Bonchev–Trinajstić information content (AvgIpc) is 2.51. The molecule has 9 heteroatoms. The van der Waals surface area contributed by atoms with Gasteiger partial charge in [0.25, 0.3) is 0 Å². The highest BCUT2D eigenvalue weighted by Gasteiger charge is 2.31. The second-order valence-corrected chi connectivity index (χ2v) is 4.84. The van der Waals surface area contributed by atoms with Gasteiger partial charge in [0.2, 0.25) is 0 Å². The summed E-state index contributed by atoms with van der Waals surface area (Å²) in [5.41, 5.74) is 6.06. The molecular formula is C15H22F3N3O3. The molecule has 0 spiro atoms. The van der Waals surface area contributed by atoms with Crippen LogP contribution in [0, 0.1) is 0 Å². The lowest BCUT2D eigenvalue weighted by atomic mass is 10.1. The SMILES string of the molecule is CCOCCCNC(N)=NCC(O)c1ccc(OC(F)(F)F)cc1. The zero-order chi connectivity index (χ0) is 18.0. The first-order chi connectivity index (χ1) is 11.3. The number of nitrogens with two attached hydrogens (primary N) is 1. The van der Waals surface area contributed by atoms with Gasteiger partial charge in [-0.15, -0.1) is 13.2 Å². The Morgan fingerprint density at radius 3 is 2.58 bits per heavy atom. The molecule has 0 aliphatic carbocycles. The molecule has 0 aromatic heterocycles. The molecule has 4 N–H and O–H groups in total. The second kappa shape index (κ2) is 9.99. The van der Waals surface area contributed by atoms with Crippen molar-refractivity contribution in [2.24, 2.45) is 10.7 Å². The maximum absolute atomic E-state index is 12.1. The number of aliphatic hydroxyl groups excluding tert-OH is 1. The summed E-state index contributed by atoms with van der Waals surface area (Å²) in [4.78, 5) is 3.98. The smallest absolute Gasteiger partial charge is 0.406 e. The Balaban J connectivity index is 2.41. The summed E-state index contributed by atoms with van der Waals surface area (Å²) in [5.74, 6) is -0.167. The number of guanidine groups is 1. The van der Waals surface area contributed by atoms with Gasteiger partial charge in [-0.3, -0.25) is 4.99 Å². The standard InChI is InChI=1S/C15H22F3N3O3/c1-2-23-9-3-8-20-14(19)21-10-13(22)11-4-6-12(7-5-11)24-15(16,17)18/h4-7,13,22H,2-3,8-10H2,1H3,(H3,19,20,21). The highest BCUT2D eigenvalue weighted by Crippen LogP contribution is 2.24. The lowest BCUT2D eigenvalue weighted by molar-refractivity contribution is -0.274. The molecule has 1 aromatic carbocycles. The van der Waals surface area contributed by atoms with Crippen LogP contribution in [0.25, 0.3) is 0 Å². The van der Waals surface area contributed by atoms with Gasteiger partial charge in [0.1, 0.15) is 5.75 Å². The number of hydrogen-bond donors (Lipinski definition) is 3. The third-order valence-electron chi connectivity index (χ3n) is 2.91. The molecule has 0 radical (unpaired) electrons. The molecule has 0 bridgehead atoms. The van der Waals surface area contributed by atoms with Crippen molar-refractivity contribution in [3.8, 4) is 5.75 Å². The molecule has 0 amide bonds. The Labute approximate surface area is 138 Å². The fraction of sp³-hybridized carbons (Fsp3) is 0.533. The summed E-state index contributed by atoms with van der Waals surface area (Å²) < 4.78 is 45.1. The van der Waals surface area contributed by atoms with Crippen LogP contribution in [0.4, 0.5) is 13.2 Å². The third kappa shape index (κ3) is 8.59. The number of nitrogens with zero attached hydrogens (tertiary/aromatic N) is 1. The predicted molar refractivity (Wildman–Crippen MR) is 83.7 cm³/mol. The van der Waals surface area contributed by atoms with Gasteiger partial charge in [0.05, 0.1) is 12.6 Å². The minimum absolute atomic E-state index is 0.0102. The van der Waals surface area contributed by atoms with E-state index in [1.807, 2.05) is 6.92 Å². The lowest BCUT2D eigenvalue weighted by Crippen LogP contribution is -2.33. The number of hydrogen-bond acceptors (Lipinski definition) is 4. The van der Waals surface area contributed by atoms with Crippen LogP contribution in [0.15, 0.2) is 29.3 Å². The van der Waals surface area contributed by atoms with Crippen molar-refractivity contribution in [1.29, 1.82) is 0 Å². The van der Waals surface area contributed by atoms with E-state index in [9.17, 15) is 18.3 Å². The summed E-state index contributed by atoms with van der Waals surface area (Å²) in [7, 11) is 0. The van der Waals surface area contributed by atoms with Crippen molar-refractivity contribution in [3.63, 3.8) is 0 Å². The van der Waals surface area contributed by atoms with Crippen molar-refractivity contribution in [1.82, 2.24) is 5.32 Å². The molecule has 1 aromatic rings. The molecule has 0 saturated carbocycles. The summed E-state index contributed by atoms with van der Waals surface area (Å²) >= 11 is 0. The van der Waals surface area contributed by atoms with Gasteiger partial charge in [-0.2, -0.15) is 0 Å². The summed E-state index contributed by atoms with van der Waals surface area (Å²) in [6.45, 7) is 3.76. The van der Waals surface area contributed by atoms with Crippen LogP contribution >= 0.6 is 0 Å². The maximum atomic E-state index is 12.1. The van der Waals surface area contributed by atoms with Crippen molar-refractivity contribution in [2.75, 3.05) is 26.3 Å². The monoisotopic (exact) mass is 349 g/mol. The summed E-state index contributed by atoms with van der Waals surface area (Å²) in [5, 5.41) is 12.8. The normalized spacial score (nSPS) is 13.6. The Kier molecular flexibility index (Phi) is 8.34. The first-order valence-electron chi connectivity index (χ1n) is 7.47. The largest absolute Gasteiger partial charge is 0.573 e. The quantitative estimate of drug-likeness (QED) is 0.360. The number of aliphatic hydroxyl groups is 1. The molecule has 0 saturated heterocycles. The van der Waals surface area contributed by atoms with Crippen LogP contribution in [-0.4, -0.2) is 43.7 Å². The minimum atomic E-state index is -4.74. The fourth-order valence-electron chi connectivity index (χ4n) is 1.77. The van der Waals surface area contributed by atoms with E-state index < -0.39 is 12.5 Å². The van der Waals surface area contributed by atoms with E-state index in [1.165, 1.54) is 12.1 Å². The number of aliphatic imine (C=N–C) groups is 1. The zero-order valence-electron chi connectivity index (χ0n) is 13.3. The number of ether oxygens (including phenoxy) is 2. The van der Waals surface area contributed by atoms with Crippen LogP contribution in [0.2, 0.25) is 0 Å². The van der Waals surface area contributed by atoms with E-state index in [2.05, 4.69) is 15.0 Å². The number of alkyl halides is 3. The van der Waals surface area contributed by atoms with E-state index >= 15 is 0 Å². The van der Waals surface area contributed by atoms with Crippen LogP contribution in [0.3, 0.4) is 0 Å². The molecule has 1 unspecified atom stereocenters. The van der Waals surface area contributed by atoms with Gasteiger partial charge in [0, 0.05) is 19.8 Å². The Hall–Kier alpha value is -2.00. The molecule has 24 heavy (non-hydrogen) atoms. The van der Waals surface area contributed by atoms with Gasteiger partial charge >= 0.3 is 6.36 Å². The third-order valence-corrected chi connectivity index (χ3v) is 2.91. The van der Waals surface area contributed by atoms with Gasteiger partial charge in [-0.1, -0.05) is 12.1 Å². The molecule has 0 aliphatic heterocycles. The molecular weight excluding hydrogens is 327 g/mol. The number of rotatable bonds is 9. The summed E-state index contributed by atoms with van der Waals surface area (Å²) in [6.07, 6.45) is -4.95. The van der Waals surface area contributed by atoms with E-state index in [0.29, 0.717) is 25.3 Å². The number of nitrogens with one attached hydrogen (secondary N) is 1. The van der Waals surface area contributed by atoms with Gasteiger partial charge in [0.15, 0.2) is 5.96 Å². The highest BCUT2D eigenvalue weighted by atomic mass is 19.4. The Morgan fingerprint density at radius 1 is 1.33 bits per heavy atom. The molecule has 0 heterocycles. The van der Waals surface area contributed by atoms with Gasteiger partial charge in [-0.05, 0) is 31.0 Å². The first-order valence-corrected chi connectivity index (χ1v) is 7.47. The first kappa shape index (κ1) is 20.0. The Morgan fingerprint density at radius 2 is 2.00 bits per heavy atom. The lowest BCUT2D eigenvalue weighted by Gasteiger charge is -2.12. The van der Waals surface area contributed by atoms with Crippen molar-refractivity contribution in [3.05, 3.63) is 29.8 Å². The van der Waals surface area contributed by atoms with Crippen LogP contribution in [0.5, 0.6) is 5.75 Å². The average molecular weight is 349 g/mol. The molecule has 136 valence electrons. The zero-order valence-corrected chi connectivity index (χ0v) is 13.3. The van der Waals surface area contributed by atoms with E-state index in [0.717, 1.165) is 18.6 Å². The molecule has 0 fully saturated rings. The fourth-order valence-corrected chi connectivity index (χ4v) is 1.77. The Bertz CT molecular complexity index is 507. The van der Waals surface area contributed by atoms with Gasteiger partial charge < -0.3 is 25.6 Å². The van der Waals surface area contributed by atoms with E-state index in [1.54, 1.807) is 0 Å². The van der Waals surface area contributed by atoms with Gasteiger partial charge in [-0.25, -0.2) is 0 Å². The minimum Gasteiger partial charge on any atom is -0.406 e. The summed E-state index contributed by atoms with van der Waals surface area (Å²) in [6, 6.07) is 4.94. The predicted octanol–water partition coefficient (Wildman–Crippen LogP) is 1.95. The molecule has 1 rings (SSSR count). The molecule has 6 nitrogen and oxygen atoms in total. The second-order valence-electron chi connectivity index (χ2n) is 4.84. The molecule has 0 aliphatic rings. The van der Waals surface area contributed by atoms with Crippen LogP contribution < -0.4 is 15.8 Å². The van der Waals surface area contributed by atoms with Crippen LogP contribution in [-0.2, 0) is 4.74 Å². The number of benzene rings is 1. The highest BCUT2D eigenvalue weighted by molar-refractivity contribution is 5.77.